The summed E-state index contributed by atoms with van der Waals surface area (Å²) in [7, 11) is 1.67. The summed E-state index contributed by atoms with van der Waals surface area (Å²) in [4.78, 5) is 16.8. The molecule has 1 spiro atoms. The molecule has 3 aliphatic heterocycles. The fourth-order valence-electron chi connectivity index (χ4n) is 7.23. The minimum atomic E-state index is -2.88. The van der Waals surface area contributed by atoms with E-state index in [4.69, 9.17) is 24.4 Å². The van der Waals surface area contributed by atoms with Crippen LogP contribution in [-0.2, 0) is 4.74 Å². The quantitative estimate of drug-likeness (QED) is 0.455. The van der Waals surface area contributed by atoms with E-state index in [1.54, 1.807) is 19.2 Å². The molecule has 7 nitrogen and oxygen atoms in total. The Morgan fingerprint density at radius 3 is 2.67 bits per heavy atom. The zero-order valence-electron chi connectivity index (χ0n) is 22.9. The van der Waals surface area contributed by atoms with Crippen LogP contribution < -0.4 is 15.0 Å². The summed E-state index contributed by atoms with van der Waals surface area (Å²) in [5.74, 6) is 1.63. The lowest BCUT2D eigenvalue weighted by Gasteiger charge is -2.41. The maximum Gasteiger partial charge on any atom is 0.387 e. The second kappa shape index (κ2) is 9.31. The van der Waals surface area contributed by atoms with Gasteiger partial charge in [0.15, 0.2) is 0 Å². The Labute approximate surface area is 232 Å². The van der Waals surface area contributed by atoms with Crippen LogP contribution in [0.4, 0.5) is 14.7 Å². The van der Waals surface area contributed by atoms with Crippen molar-refractivity contribution < 1.29 is 18.3 Å². The number of alkyl halides is 2. The molecule has 2 aromatic rings. The molecule has 3 fully saturated rings. The number of anilines is 1. The van der Waals surface area contributed by atoms with Crippen LogP contribution >= 0.6 is 0 Å². The van der Waals surface area contributed by atoms with E-state index in [1.807, 2.05) is 56.6 Å². The van der Waals surface area contributed by atoms with Crippen molar-refractivity contribution in [3.8, 4) is 5.75 Å². The van der Waals surface area contributed by atoms with Gasteiger partial charge in [0, 0.05) is 67.3 Å². The SMILES string of the molecule is C/C=C(\C=C/C1=NC2=C(C1)[C@@H](c1ccccc1OC(F)F)CC2(C)OC)c1cnc(N2C[C@@H]3CC34NC[C@@H]24)nc1. The first-order chi connectivity index (χ1) is 19.3. The van der Waals surface area contributed by atoms with E-state index < -0.39 is 12.2 Å². The van der Waals surface area contributed by atoms with Crippen LogP contribution in [-0.4, -0.2) is 59.7 Å². The van der Waals surface area contributed by atoms with E-state index in [0.717, 1.165) is 58.6 Å². The Bertz CT molecular complexity index is 1460. The van der Waals surface area contributed by atoms with Crippen molar-refractivity contribution in [1.82, 2.24) is 15.3 Å². The number of piperidine rings is 1. The number of aromatic nitrogens is 2. The third kappa shape index (κ3) is 3.93. The third-order valence-electron chi connectivity index (χ3n) is 9.57. The van der Waals surface area contributed by atoms with Crippen LogP contribution in [0.2, 0.25) is 0 Å². The van der Waals surface area contributed by atoms with E-state index in [2.05, 4.69) is 10.2 Å². The summed E-state index contributed by atoms with van der Waals surface area (Å²) >= 11 is 0. The largest absolute Gasteiger partial charge is 0.435 e. The minimum Gasteiger partial charge on any atom is -0.435 e. The molecule has 0 bridgehead atoms. The van der Waals surface area contributed by atoms with Crippen LogP contribution in [0, 0.1) is 5.92 Å². The van der Waals surface area contributed by atoms with Gasteiger partial charge in [-0.2, -0.15) is 8.78 Å². The Hall–Kier alpha value is -3.43. The number of hydrogen-bond acceptors (Lipinski definition) is 7. The molecule has 1 N–H and O–H groups in total. The number of rotatable bonds is 8. The molecule has 2 unspecified atom stereocenters. The van der Waals surface area contributed by atoms with Gasteiger partial charge in [-0.25, -0.2) is 9.97 Å². The number of nitrogens with zero attached hydrogens (tertiary/aromatic N) is 4. The van der Waals surface area contributed by atoms with Crippen LogP contribution in [0.3, 0.4) is 0 Å². The first-order valence-corrected chi connectivity index (χ1v) is 13.9. The maximum absolute atomic E-state index is 13.1. The molecule has 1 aromatic heterocycles. The molecule has 40 heavy (non-hydrogen) atoms. The fourth-order valence-corrected chi connectivity index (χ4v) is 7.23. The Morgan fingerprint density at radius 1 is 1.20 bits per heavy atom. The predicted molar refractivity (Wildman–Crippen MR) is 150 cm³/mol. The molecule has 5 atom stereocenters. The van der Waals surface area contributed by atoms with Crippen molar-refractivity contribution in [2.24, 2.45) is 10.9 Å². The zero-order chi connectivity index (χ0) is 27.6. The average Bonchev–Trinajstić information content (AvgIpc) is 3.33. The lowest BCUT2D eigenvalue weighted by Crippen LogP contribution is -2.64. The summed E-state index contributed by atoms with van der Waals surface area (Å²) in [6.45, 7) is 3.17. The zero-order valence-corrected chi connectivity index (χ0v) is 22.9. The number of methoxy groups -OCH3 is 1. The molecule has 7 rings (SSSR count). The molecule has 2 aliphatic carbocycles. The molecule has 2 saturated heterocycles. The predicted octanol–water partition coefficient (Wildman–Crippen LogP) is 5.28. The van der Waals surface area contributed by atoms with E-state index in [1.165, 1.54) is 6.42 Å². The first kappa shape index (κ1) is 25.5. The molecule has 1 saturated carbocycles. The minimum absolute atomic E-state index is 0.117. The Kier molecular flexibility index (Phi) is 5.94. The van der Waals surface area contributed by atoms with E-state index >= 15 is 0 Å². The van der Waals surface area contributed by atoms with Gasteiger partial charge in [-0.05, 0) is 55.9 Å². The van der Waals surface area contributed by atoms with E-state index in [0.29, 0.717) is 24.4 Å². The lowest BCUT2D eigenvalue weighted by molar-refractivity contribution is -0.0506. The highest BCUT2D eigenvalue weighted by atomic mass is 19.3. The summed E-state index contributed by atoms with van der Waals surface area (Å²) in [5, 5.41) is 3.61. The summed E-state index contributed by atoms with van der Waals surface area (Å²) < 4.78 is 37.0. The lowest BCUT2D eigenvalue weighted by atomic mass is 9.87. The number of para-hydroxylation sites is 1. The number of nitrogens with one attached hydrogen (secondary N) is 1. The number of halogens is 2. The van der Waals surface area contributed by atoms with Crippen molar-refractivity contribution in [2.45, 2.75) is 62.8 Å². The molecule has 208 valence electrons. The van der Waals surface area contributed by atoms with Gasteiger partial charge < -0.3 is 19.7 Å². The number of hydrogen-bond donors (Lipinski definition) is 1. The first-order valence-electron chi connectivity index (χ1n) is 13.9. The topological polar surface area (TPSA) is 71.9 Å². The average molecular weight is 546 g/mol. The van der Waals surface area contributed by atoms with Crippen LogP contribution in [0.25, 0.3) is 5.57 Å². The normalized spacial score (nSPS) is 32.4. The van der Waals surface area contributed by atoms with Crippen molar-refractivity contribution in [1.29, 1.82) is 0 Å². The van der Waals surface area contributed by atoms with Crippen molar-refractivity contribution in [3.63, 3.8) is 0 Å². The van der Waals surface area contributed by atoms with Gasteiger partial charge in [-0.1, -0.05) is 30.4 Å². The molecule has 4 heterocycles. The van der Waals surface area contributed by atoms with Crippen molar-refractivity contribution in [3.05, 3.63) is 77.3 Å². The van der Waals surface area contributed by atoms with Gasteiger partial charge >= 0.3 is 6.61 Å². The summed E-state index contributed by atoms with van der Waals surface area (Å²) in [5.41, 5.74) is 5.31. The maximum atomic E-state index is 13.1. The highest BCUT2D eigenvalue weighted by Gasteiger charge is 2.71. The number of aliphatic imine (C=N–C) groups is 1. The number of ether oxygens (including phenoxy) is 2. The standard InChI is InChI=1S/C31H33F2N5O2/c1-4-18(19-14-34-29(35-15-19)38-17-20-12-31(20)26(38)16-36-31)9-10-21-11-23-24(13-30(2,39-3)27(23)37-21)22-7-5-6-8-25(22)40-28(32)33/h4-10,14-15,20,24,26,28,36H,11-13,16-17H2,1-3H3/b10-9-,18-4+/t20-,24+,26+,30?,31?/m0/s1. The van der Waals surface area contributed by atoms with Crippen molar-refractivity contribution in [2.75, 3.05) is 25.1 Å². The molecule has 1 aromatic carbocycles. The van der Waals surface area contributed by atoms with Crippen molar-refractivity contribution >= 4 is 17.2 Å². The molecule has 0 radical (unpaired) electrons. The molecular weight excluding hydrogens is 512 g/mol. The monoisotopic (exact) mass is 545 g/mol. The van der Waals surface area contributed by atoms with Crippen LogP contribution in [0.1, 0.15) is 50.2 Å². The highest BCUT2D eigenvalue weighted by Crippen LogP contribution is 2.58. The van der Waals surface area contributed by atoms with Gasteiger partial charge in [0.2, 0.25) is 5.95 Å². The fraction of sp³-hybridized carbons (Fsp3) is 0.452. The number of allylic oxidation sites excluding steroid dienone is 5. The van der Waals surface area contributed by atoms with Gasteiger partial charge in [0.25, 0.3) is 0 Å². The Morgan fingerprint density at radius 2 is 2.00 bits per heavy atom. The smallest absolute Gasteiger partial charge is 0.387 e. The molecule has 9 heteroatoms. The highest BCUT2D eigenvalue weighted by molar-refractivity contribution is 6.01. The van der Waals surface area contributed by atoms with E-state index in [-0.39, 0.29) is 11.7 Å². The van der Waals surface area contributed by atoms with Gasteiger partial charge in [-0.15, -0.1) is 0 Å². The summed E-state index contributed by atoms with van der Waals surface area (Å²) in [6, 6.07) is 7.54. The number of benzene rings is 1. The second-order valence-corrected chi connectivity index (χ2v) is 11.6. The van der Waals surface area contributed by atoms with Crippen LogP contribution in [0.5, 0.6) is 5.75 Å². The van der Waals surface area contributed by atoms with Gasteiger partial charge in [-0.3, -0.25) is 4.99 Å². The van der Waals surface area contributed by atoms with Crippen LogP contribution in [0.15, 0.2) is 71.1 Å². The Balaban J connectivity index is 1.08. The molecule has 0 amide bonds. The van der Waals surface area contributed by atoms with Gasteiger partial charge in [0.1, 0.15) is 11.4 Å². The third-order valence-corrected chi connectivity index (χ3v) is 9.57. The van der Waals surface area contributed by atoms with Gasteiger partial charge in [0.05, 0.1) is 11.7 Å². The molecule has 5 aliphatic rings. The summed E-state index contributed by atoms with van der Waals surface area (Å²) in [6.07, 6.45) is 12.4. The molecular formula is C31H33F2N5O2. The second-order valence-electron chi connectivity index (χ2n) is 11.6. The van der Waals surface area contributed by atoms with E-state index in [9.17, 15) is 8.78 Å².